The van der Waals surface area contributed by atoms with E-state index in [4.69, 9.17) is 23.2 Å². The standard InChI is InChI=1S/C11H9BrCl2N2O2S/c1-15-6-10(11(14)16-7-13)19(17,18)9-4-2-8(12)3-5-9/h2-6H,1,7H2/b10-6+,16-11+. The molecule has 0 fully saturated rings. The van der Waals surface area contributed by atoms with Gasteiger partial charge in [0.05, 0.1) is 4.90 Å². The molecule has 0 saturated heterocycles. The summed E-state index contributed by atoms with van der Waals surface area (Å²) in [5.41, 5.74) is 0. The van der Waals surface area contributed by atoms with Crippen molar-refractivity contribution in [1.29, 1.82) is 0 Å². The van der Waals surface area contributed by atoms with Crippen molar-refractivity contribution < 1.29 is 8.42 Å². The number of benzene rings is 1. The lowest BCUT2D eigenvalue weighted by atomic mass is 10.4. The predicted octanol–water partition coefficient (Wildman–Crippen LogP) is 3.60. The van der Waals surface area contributed by atoms with Crippen LogP contribution in [0.25, 0.3) is 0 Å². The molecule has 0 bridgehead atoms. The first-order chi connectivity index (χ1) is 8.93. The lowest BCUT2D eigenvalue weighted by molar-refractivity contribution is 0.603. The van der Waals surface area contributed by atoms with E-state index < -0.39 is 9.84 Å². The molecule has 0 aromatic heterocycles. The van der Waals surface area contributed by atoms with Gasteiger partial charge in [-0.2, -0.15) is 0 Å². The summed E-state index contributed by atoms with van der Waals surface area (Å²) in [6.07, 6.45) is 1.04. The van der Waals surface area contributed by atoms with E-state index in [1.807, 2.05) is 0 Å². The highest BCUT2D eigenvalue weighted by Gasteiger charge is 2.24. The molecule has 0 aliphatic rings. The van der Waals surface area contributed by atoms with Gasteiger partial charge in [-0.15, -0.1) is 11.6 Å². The first-order valence-electron chi connectivity index (χ1n) is 4.86. The van der Waals surface area contributed by atoms with Crippen LogP contribution in [0.15, 0.2) is 54.7 Å². The Morgan fingerprint density at radius 3 is 2.42 bits per heavy atom. The van der Waals surface area contributed by atoms with Crippen LogP contribution < -0.4 is 0 Å². The van der Waals surface area contributed by atoms with Crippen molar-refractivity contribution >= 4 is 60.9 Å². The lowest BCUT2D eigenvalue weighted by Gasteiger charge is -2.07. The van der Waals surface area contributed by atoms with Crippen LogP contribution in [-0.4, -0.2) is 26.3 Å². The fourth-order valence-electron chi connectivity index (χ4n) is 1.19. The van der Waals surface area contributed by atoms with Crippen molar-refractivity contribution in [3.8, 4) is 0 Å². The molecule has 0 saturated carbocycles. The van der Waals surface area contributed by atoms with Crippen molar-refractivity contribution in [2.45, 2.75) is 4.90 Å². The van der Waals surface area contributed by atoms with Crippen molar-refractivity contribution in [3.63, 3.8) is 0 Å². The number of hydrogen-bond acceptors (Lipinski definition) is 4. The summed E-state index contributed by atoms with van der Waals surface area (Å²) in [6, 6.07) is 5.96. The fraction of sp³-hybridized carbons (Fsp3) is 0.0909. The molecule has 0 spiro atoms. The molecule has 4 nitrogen and oxygen atoms in total. The molecular weight excluding hydrogens is 375 g/mol. The van der Waals surface area contributed by atoms with Crippen LogP contribution in [0, 0.1) is 0 Å². The topological polar surface area (TPSA) is 58.9 Å². The monoisotopic (exact) mass is 382 g/mol. The third-order valence-corrected chi connectivity index (χ3v) is 4.88. The molecule has 0 amide bonds. The summed E-state index contributed by atoms with van der Waals surface area (Å²) in [4.78, 5) is 6.93. The van der Waals surface area contributed by atoms with Gasteiger partial charge in [0.25, 0.3) is 0 Å². The molecule has 8 heteroatoms. The minimum absolute atomic E-state index is 0.0773. The van der Waals surface area contributed by atoms with Crippen molar-refractivity contribution in [3.05, 3.63) is 39.8 Å². The van der Waals surface area contributed by atoms with Crippen molar-refractivity contribution in [1.82, 2.24) is 0 Å². The summed E-state index contributed by atoms with van der Waals surface area (Å²) >= 11 is 14.5. The van der Waals surface area contributed by atoms with Gasteiger partial charge in [0.2, 0.25) is 9.84 Å². The van der Waals surface area contributed by atoms with Crippen molar-refractivity contribution in [2.24, 2.45) is 9.98 Å². The molecular formula is C11H9BrCl2N2O2S. The van der Waals surface area contributed by atoms with E-state index >= 15 is 0 Å². The highest BCUT2D eigenvalue weighted by Crippen LogP contribution is 2.23. The van der Waals surface area contributed by atoms with Crippen LogP contribution >= 0.6 is 39.1 Å². The fourth-order valence-corrected chi connectivity index (χ4v) is 3.29. The molecule has 1 rings (SSSR count). The summed E-state index contributed by atoms with van der Waals surface area (Å²) in [5.74, 6) is 0. The second-order valence-electron chi connectivity index (χ2n) is 3.20. The molecule has 0 radical (unpaired) electrons. The summed E-state index contributed by atoms with van der Waals surface area (Å²) in [7, 11) is -3.82. The molecule has 1 aromatic carbocycles. The van der Waals surface area contributed by atoms with Gasteiger partial charge in [0.15, 0.2) is 0 Å². The molecule has 102 valence electrons. The molecule has 0 N–H and O–H groups in total. The molecule has 0 unspecified atom stereocenters. The Hall–Kier alpha value is -0.690. The van der Waals surface area contributed by atoms with Crippen LogP contribution in [-0.2, 0) is 9.84 Å². The second kappa shape index (κ2) is 7.19. The molecule has 19 heavy (non-hydrogen) atoms. The first-order valence-corrected chi connectivity index (χ1v) is 8.05. The number of allylic oxidation sites excluding steroid dienone is 1. The minimum Gasteiger partial charge on any atom is -0.271 e. The average Bonchev–Trinajstić information content (AvgIpc) is 2.36. The SMILES string of the molecule is C=N/C=C(\C(Cl)=N/CCl)S(=O)(=O)c1ccc(Br)cc1. The Balaban J connectivity index is 3.37. The van der Waals surface area contributed by atoms with Gasteiger partial charge < -0.3 is 0 Å². The third kappa shape index (κ3) is 4.14. The average molecular weight is 384 g/mol. The Bertz CT molecular complexity index is 625. The zero-order valence-electron chi connectivity index (χ0n) is 9.55. The Kier molecular flexibility index (Phi) is 6.19. The largest absolute Gasteiger partial charge is 0.271 e. The maximum absolute atomic E-state index is 12.4. The number of aliphatic imine (C=N–C) groups is 2. The third-order valence-electron chi connectivity index (χ3n) is 2.02. The number of rotatable bonds is 5. The lowest BCUT2D eigenvalue weighted by Crippen LogP contribution is -2.10. The molecule has 1 aromatic rings. The molecule has 0 aliphatic heterocycles. The van der Waals surface area contributed by atoms with Gasteiger partial charge >= 0.3 is 0 Å². The maximum Gasteiger partial charge on any atom is 0.211 e. The number of nitrogens with zero attached hydrogens (tertiary/aromatic N) is 2. The van der Waals surface area contributed by atoms with Gasteiger partial charge in [-0.1, -0.05) is 27.5 Å². The highest BCUT2D eigenvalue weighted by molar-refractivity contribution is 9.10. The quantitative estimate of drug-likeness (QED) is 0.443. The summed E-state index contributed by atoms with van der Waals surface area (Å²) in [5, 5.41) is -0.231. The first kappa shape index (κ1) is 16.4. The van der Waals surface area contributed by atoms with E-state index in [2.05, 4.69) is 32.6 Å². The van der Waals surface area contributed by atoms with E-state index in [0.29, 0.717) is 0 Å². The summed E-state index contributed by atoms with van der Waals surface area (Å²) < 4.78 is 25.5. The molecule has 0 aliphatic carbocycles. The van der Waals surface area contributed by atoms with Crippen LogP contribution in [0.3, 0.4) is 0 Å². The van der Waals surface area contributed by atoms with Gasteiger partial charge in [-0.3, -0.25) is 9.98 Å². The van der Waals surface area contributed by atoms with Gasteiger partial charge in [-0.05, 0) is 31.0 Å². The Morgan fingerprint density at radius 1 is 1.37 bits per heavy atom. The van der Waals surface area contributed by atoms with Gasteiger partial charge in [-0.25, -0.2) is 8.42 Å². The van der Waals surface area contributed by atoms with E-state index in [-0.39, 0.29) is 21.0 Å². The zero-order chi connectivity index (χ0) is 14.5. The van der Waals surface area contributed by atoms with Crippen LogP contribution in [0.2, 0.25) is 0 Å². The zero-order valence-corrected chi connectivity index (χ0v) is 13.5. The van der Waals surface area contributed by atoms with Gasteiger partial charge in [0, 0.05) is 10.7 Å². The van der Waals surface area contributed by atoms with E-state index in [1.54, 1.807) is 12.1 Å². The van der Waals surface area contributed by atoms with Crippen LogP contribution in [0.5, 0.6) is 0 Å². The van der Waals surface area contributed by atoms with E-state index in [1.165, 1.54) is 12.1 Å². The molecule has 0 atom stereocenters. The normalized spacial score (nSPS) is 13.4. The second-order valence-corrected chi connectivity index (χ2v) is 6.63. The Morgan fingerprint density at radius 2 is 1.95 bits per heavy atom. The van der Waals surface area contributed by atoms with Crippen LogP contribution in [0.1, 0.15) is 0 Å². The maximum atomic E-state index is 12.4. The number of hydrogen-bond donors (Lipinski definition) is 0. The predicted molar refractivity (Wildman–Crippen MR) is 83.0 cm³/mol. The Labute approximate surface area is 129 Å². The smallest absolute Gasteiger partial charge is 0.211 e. The molecule has 0 heterocycles. The minimum atomic E-state index is -3.82. The highest BCUT2D eigenvalue weighted by atomic mass is 79.9. The van der Waals surface area contributed by atoms with Gasteiger partial charge in [0.1, 0.15) is 16.1 Å². The number of halogens is 3. The summed E-state index contributed by atoms with van der Waals surface area (Å²) in [6.45, 7) is 3.22. The number of sulfone groups is 1. The van der Waals surface area contributed by atoms with E-state index in [9.17, 15) is 8.42 Å². The number of alkyl halides is 1. The van der Waals surface area contributed by atoms with Crippen molar-refractivity contribution in [2.75, 3.05) is 6.00 Å². The van der Waals surface area contributed by atoms with E-state index in [0.717, 1.165) is 10.7 Å². The van der Waals surface area contributed by atoms with Crippen LogP contribution in [0.4, 0.5) is 0 Å².